The molecule has 0 spiro atoms. The molecule has 12 nitrogen and oxygen atoms in total. The van der Waals surface area contributed by atoms with Gasteiger partial charge in [0.1, 0.15) is 21.3 Å². The largest absolute Gasteiger partial charge is 0.493 e. The third-order valence-corrected chi connectivity index (χ3v) is 11.5. The Morgan fingerprint density at radius 2 is 1.85 bits per heavy atom. The Morgan fingerprint density at radius 3 is 2.58 bits per heavy atom. The molecule has 258 valence electrons. The second-order valence-electron chi connectivity index (χ2n) is 11.7. The number of thioether (sulfide) groups is 1. The van der Waals surface area contributed by atoms with Crippen LogP contribution in [0.25, 0.3) is 10.9 Å². The van der Waals surface area contributed by atoms with Crippen molar-refractivity contribution in [1.82, 2.24) is 20.2 Å². The van der Waals surface area contributed by atoms with Gasteiger partial charge in [-0.15, -0.1) is 0 Å². The molecule has 48 heavy (non-hydrogen) atoms. The maximum absolute atomic E-state index is 13.5. The van der Waals surface area contributed by atoms with E-state index < -0.39 is 19.9 Å². The Labute approximate surface area is 286 Å². The van der Waals surface area contributed by atoms with Crippen molar-refractivity contribution in [3.05, 3.63) is 83.7 Å². The van der Waals surface area contributed by atoms with Crippen LogP contribution in [0.2, 0.25) is 0 Å². The second-order valence-corrected chi connectivity index (χ2v) is 16.9. The Hall–Kier alpha value is -3.63. The smallest absolute Gasteiger partial charge is 0.279 e. The molecule has 1 fully saturated rings. The summed E-state index contributed by atoms with van der Waals surface area (Å²) in [5, 5.41) is 3.61. The number of pyridine rings is 1. The van der Waals surface area contributed by atoms with E-state index >= 15 is 0 Å². The molecule has 1 atom stereocenters. The third kappa shape index (κ3) is 10.2. The number of aryl methyl sites for hydroxylation is 1. The van der Waals surface area contributed by atoms with E-state index in [0.717, 1.165) is 31.6 Å². The minimum atomic E-state index is -4.11. The van der Waals surface area contributed by atoms with Crippen LogP contribution >= 0.6 is 11.8 Å². The van der Waals surface area contributed by atoms with Gasteiger partial charge >= 0.3 is 0 Å². The van der Waals surface area contributed by atoms with Gasteiger partial charge < -0.3 is 19.8 Å². The van der Waals surface area contributed by atoms with E-state index in [9.17, 15) is 21.6 Å². The van der Waals surface area contributed by atoms with Crippen LogP contribution in [0.15, 0.2) is 71.9 Å². The van der Waals surface area contributed by atoms with E-state index in [1.165, 1.54) is 17.8 Å². The van der Waals surface area contributed by atoms with E-state index in [2.05, 4.69) is 37.0 Å². The van der Waals surface area contributed by atoms with E-state index in [4.69, 9.17) is 9.47 Å². The minimum absolute atomic E-state index is 0.0433. The number of hydrogen-bond donors (Lipinski definition) is 3. The maximum Gasteiger partial charge on any atom is 0.279 e. The van der Waals surface area contributed by atoms with Crippen molar-refractivity contribution in [2.75, 3.05) is 62.7 Å². The molecule has 4 aromatic rings. The number of sulfone groups is 1. The molecular weight excluding hydrogens is 675 g/mol. The number of anilines is 1. The summed E-state index contributed by atoms with van der Waals surface area (Å²) in [6, 6.07) is 18.3. The number of aromatic nitrogens is 2. The fourth-order valence-corrected chi connectivity index (χ4v) is 8.32. The molecule has 1 aliphatic heterocycles. The molecule has 1 amide bonds. The fraction of sp³-hybridized carbons (Fsp3) is 0.394. The summed E-state index contributed by atoms with van der Waals surface area (Å²) in [5.41, 5.74) is 2.49. The molecule has 1 aliphatic rings. The number of benzene rings is 2. The van der Waals surface area contributed by atoms with Gasteiger partial charge in [-0.2, -0.15) is 20.2 Å². The normalized spacial score (nSPS) is 14.9. The van der Waals surface area contributed by atoms with Crippen molar-refractivity contribution in [3.63, 3.8) is 0 Å². The van der Waals surface area contributed by atoms with Gasteiger partial charge in [-0.1, -0.05) is 36.4 Å². The van der Waals surface area contributed by atoms with Gasteiger partial charge in [0.2, 0.25) is 0 Å². The number of amides is 1. The second kappa shape index (κ2) is 16.2. The molecule has 1 saturated heterocycles. The number of hydrogen-bond acceptors (Lipinski definition) is 10. The quantitative estimate of drug-likeness (QED) is 0.146. The number of aromatic amines is 1. The lowest BCUT2D eigenvalue weighted by Gasteiger charge is -2.30. The number of rotatable bonds is 16. The zero-order valence-electron chi connectivity index (χ0n) is 27.0. The lowest BCUT2D eigenvalue weighted by molar-refractivity contribution is 0.0381. The first kappa shape index (κ1) is 35.7. The topological polar surface area (TPSA) is 160 Å². The molecule has 1 unspecified atom stereocenters. The Morgan fingerprint density at radius 1 is 1.08 bits per heavy atom. The molecule has 5 rings (SSSR count). The average Bonchev–Trinajstić information content (AvgIpc) is 3.50. The van der Waals surface area contributed by atoms with Crippen LogP contribution in [0.1, 0.15) is 28.0 Å². The number of nitrogens with one attached hydrogen (secondary N) is 3. The van der Waals surface area contributed by atoms with Crippen LogP contribution in [0, 0.1) is 6.92 Å². The van der Waals surface area contributed by atoms with E-state index in [1.807, 2.05) is 18.2 Å². The Balaban J connectivity index is 1.36. The molecule has 15 heteroatoms. The van der Waals surface area contributed by atoms with Gasteiger partial charge in [0.25, 0.3) is 15.9 Å². The Bertz CT molecular complexity index is 1910. The summed E-state index contributed by atoms with van der Waals surface area (Å²) >= 11 is 1.79. The van der Waals surface area contributed by atoms with Crippen molar-refractivity contribution < 1.29 is 31.1 Å². The van der Waals surface area contributed by atoms with Gasteiger partial charge in [-0.25, -0.2) is 13.4 Å². The van der Waals surface area contributed by atoms with Crippen molar-refractivity contribution in [3.8, 4) is 5.75 Å². The van der Waals surface area contributed by atoms with E-state index in [0.29, 0.717) is 42.0 Å². The first-order valence-corrected chi connectivity index (χ1v) is 20.2. The van der Waals surface area contributed by atoms with Crippen LogP contribution in [-0.4, -0.2) is 101 Å². The van der Waals surface area contributed by atoms with Crippen LogP contribution in [0.3, 0.4) is 0 Å². The highest BCUT2D eigenvalue weighted by Crippen LogP contribution is 2.32. The van der Waals surface area contributed by atoms with Crippen molar-refractivity contribution in [2.45, 2.75) is 29.4 Å². The zero-order valence-corrected chi connectivity index (χ0v) is 29.4. The molecular formula is C33H41N5O7S3. The van der Waals surface area contributed by atoms with Gasteiger partial charge in [0, 0.05) is 61.1 Å². The SMILES string of the molecule is Cc1cccnc1S(=O)(=O)Nc1cc(OCCCS(C)(=O)=O)cc2cc(C(=O)NCC(CN3CCOCC3)SCc3ccccc3)[nH]c12. The number of nitrogens with zero attached hydrogens (tertiary/aromatic N) is 2. The standard InChI is InChI=1S/C33H41N5O7S3/c1-24-8-6-11-34-33(24)48(42,43)37-29-20-27(45-14-7-17-47(2,40)41)18-26-19-30(36-31(26)29)32(39)35-21-28(22-38-12-15-44-16-13-38)46-23-25-9-4-3-5-10-25/h3-6,8-11,18-20,28,36-37H,7,12-17,21-23H2,1-2H3,(H,35,39). The van der Waals surface area contributed by atoms with Gasteiger partial charge in [-0.05, 0) is 42.7 Å². The van der Waals surface area contributed by atoms with Crippen molar-refractivity contribution in [2.24, 2.45) is 0 Å². The number of sulfonamides is 1. The summed E-state index contributed by atoms with van der Waals surface area (Å²) in [5.74, 6) is 0.756. The number of carbonyl (C=O) groups is 1. The number of H-pyrrole nitrogens is 1. The first-order chi connectivity index (χ1) is 23.0. The molecule has 3 N–H and O–H groups in total. The van der Waals surface area contributed by atoms with E-state index in [-0.39, 0.29) is 46.3 Å². The van der Waals surface area contributed by atoms with Gasteiger partial charge in [0.05, 0.1) is 36.8 Å². The lowest BCUT2D eigenvalue weighted by atomic mass is 10.2. The lowest BCUT2D eigenvalue weighted by Crippen LogP contribution is -2.43. The first-order valence-electron chi connectivity index (χ1n) is 15.6. The predicted octanol–water partition coefficient (Wildman–Crippen LogP) is 3.85. The van der Waals surface area contributed by atoms with Crippen LogP contribution < -0.4 is 14.8 Å². The summed E-state index contributed by atoms with van der Waals surface area (Å²) < 4.78 is 63.9. The molecule has 0 aliphatic carbocycles. The van der Waals surface area contributed by atoms with Crippen molar-refractivity contribution in [1.29, 1.82) is 0 Å². The summed E-state index contributed by atoms with van der Waals surface area (Å²) in [4.78, 5) is 23.0. The van der Waals surface area contributed by atoms with Crippen molar-refractivity contribution >= 4 is 54.1 Å². The number of morpholine rings is 1. The molecule has 2 aromatic heterocycles. The van der Waals surface area contributed by atoms with E-state index in [1.54, 1.807) is 43.0 Å². The molecule has 0 saturated carbocycles. The third-order valence-electron chi connectivity index (χ3n) is 7.72. The monoisotopic (exact) mass is 715 g/mol. The highest BCUT2D eigenvalue weighted by molar-refractivity contribution is 7.99. The number of carbonyl (C=O) groups excluding carboxylic acids is 1. The zero-order chi connectivity index (χ0) is 34.1. The number of fused-ring (bicyclic) bond motifs is 1. The minimum Gasteiger partial charge on any atom is -0.493 e. The highest BCUT2D eigenvalue weighted by Gasteiger charge is 2.23. The predicted molar refractivity (Wildman–Crippen MR) is 189 cm³/mol. The molecule has 0 radical (unpaired) electrons. The molecule has 2 aromatic carbocycles. The highest BCUT2D eigenvalue weighted by atomic mass is 32.2. The Kier molecular flexibility index (Phi) is 12.0. The average molecular weight is 716 g/mol. The summed E-state index contributed by atoms with van der Waals surface area (Å²) in [7, 11) is -7.27. The number of ether oxygens (including phenoxy) is 2. The fourth-order valence-electron chi connectivity index (χ4n) is 5.30. The molecule has 3 heterocycles. The van der Waals surface area contributed by atoms with Gasteiger partial charge in [0.15, 0.2) is 5.03 Å². The van der Waals surface area contributed by atoms with Crippen LogP contribution in [-0.2, 0) is 30.4 Å². The summed E-state index contributed by atoms with van der Waals surface area (Å²) in [6.45, 7) is 6.04. The van der Waals surface area contributed by atoms with Crippen LogP contribution in [0.5, 0.6) is 5.75 Å². The molecule has 0 bridgehead atoms. The summed E-state index contributed by atoms with van der Waals surface area (Å²) in [6.07, 6.45) is 2.82. The van der Waals surface area contributed by atoms with Gasteiger partial charge in [-0.3, -0.25) is 14.4 Å². The maximum atomic E-state index is 13.5. The van der Waals surface area contributed by atoms with Crippen LogP contribution in [0.4, 0.5) is 5.69 Å².